The molecule has 0 heterocycles. The lowest BCUT2D eigenvalue weighted by Gasteiger charge is -2.43. The fourth-order valence-corrected chi connectivity index (χ4v) is 3.92. The lowest BCUT2D eigenvalue weighted by molar-refractivity contribution is 0.133. The first kappa shape index (κ1) is 16.5. The fourth-order valence-electron chi connectivity index (χ4n) is 3.92. The van der Waals surface area contributed by atoms with Crippen LogP contribution in [0.5, 0.6) is 0 Å². The van der Waals surface area contributed by atoms with E-state index in [9.17, 15) is 0 Å². The van der Waals surface area contributed by atoms with E-state index in [1.54, 1.807) is 5.56 Å². The van der Waals surface area contributed by atoms with Crippen LogP contribution < -0.4 is 5.32 Å². The lowest BCUT2D eigenvalue weighted by Crippen LogP contribution is -2.48. The van der Waals surface area contributed by atoms with Crippen molar-refractivity contribution >= 4 is 0 Å². The van der Waals surface area contributed by atoms with Crippen molar-refractivity contribution in [2.45, 2.75) is 65.0 Å². The number of likely N-dealkylation sites (N-methyl/N-ethyl adjacent to an activating group) is 1. The molecule has 1 aromatic rings. The molecule has 1 N–H and O–H groups in total. The highest BCUT2D eigenvalue weighted by Gasteiger charge is 2.35. The van der Waals surface area contributed by atoms with Crippen LogP contribution in [0, 0.1) is 0 Å². The van der Waals surface area contributed by atoms with Gasteiger partial charge in [0.15, 0.2) is 0 Å². The summed E-state index contributed by atoms with van der Waals surface area (Å²) in [5, 5.41) is 3.77. The van der Waals surface area contributed by atoms with Gasteiger partial charge >= 0.3 is 0 Å². The number of fused-ring (bicyclic) bond motifs is 1. The molecule has 1 aliphatic rings. The zero-order valence-electron chi connectivity index (χ0n) is 14.2. The first-order valence-corrected chi connectivity index (χ1v) is 8.79. The van der Waals surface area contributed by atoms with Crippen molar-refractivity contribution in [2.75, 3.05) is 19.6 Å². The van der Waals surface area contributed by atoms with Crippen LogP contribution in [0.4, 0.5) is 0 Å². The van der Waals surface area contributed by atoms with Gasteiger partial charge in [0.25, 0.3) is 0 Å². The zero-order chi connectivity index (χ0) is 15.2. The van der Waals surface area contributed by atoms with Crippen LogP contribution in [-0.2, 0) is 0 Å². The van der Waals surface area contributed by atoms with Gasteiger partial charge in [-0.05, 0) is 55.9 Å². The van der Waals surface area contributed by atoms with Crippen molar-refractivity contribution in [3.8, 4) is 0 Å². The molecule has 0 saturated carbocycles. The summed E-state index contributed by atoms with van der Waals surface area (Å²) in [6, 6.07) is 10.2. The van der Waals surface area contributed by atoms with Crippen LogP contribution >= 0.6 is 0 Å². The Morgan fingerprint density at radius 1 is 1.05 bits per heavy atom. The van der Waals surface area contributed by atoms with Crippen LogP contribution in [0.2, 0.25) is 0 Å². The van der Waals surface area contributed by atoms with E-state index in [2.05, 4.69) is 62.2 Å². The van der Waals surface area contributed by atoms with E-state index < -0.39 is 0 Å². The largest absolute Gasteiger partial charge is 0.309 e. The van der Waals surface area contributed by atoms with Gasteiger partial charge in [0.1, 0.15) is 0 Å². The minimum absolute atomic E-state index is 0.487. The van der Waals surface area contributed by atoms with E-state index in [1.807, 2.05) is 0 Å². The molecule has 1 aromatic carbocycles. The second kappa shape index (κ2) is 7.95. The number of nitrogens with zero attached hydrogens (tertiary/aromatic N) is 1. The van der Waals surface area contributed by atoms with Crippen molar-refractivity contribution in [3.63, 3.8) is 0 Å². The average Bonchev–Trinajstić information content (AvgIpc) is 2.50. The van der Waals surface area contributed by atoms with Gasteiger partial charge in [-0.3, -0.25) is 4.90 Å². The summed E-state index contributed by atoms with van der Waals surface area (Å²) in [6.07, 6.45) is 3.76. The molecule has 0 fully saturated rings. The third kappa shape index (κ3) is 3.67. The Morgan fingerprint density at radius 3 is 2.24 bits per heavy atom. The van der Waals surface area contributed by atoms with E-state index in [0.29, 0.717) is 18.0 Å². The molecule has 2 heteroatoms. The Labute approximate surface area is 130 Å². The van der Waals surface area contributed by atoms with E-state index in [0.717, 1.165) is 6.54 Å². The van der Waals surface area contributed by atoms with E-state index in [-0.39, 0.29) is 0 Å². The minimum atomic E-state index is 0.487. The van der Waals surface area contributed by atoms with Crippen LogP contribution in [-0.4, -0.2) is 30.6 Å². The van der Waals surface area contributed by atoms with Gasteiger partial charge in [-0.1, -0.05) is 52.0 Å². The maximum Gasteiger partial charge on any atom is 0.0481 e. The van der Waals surface area contributed by atoms with Crippen molar-refractivity contribution in [1.29, 1.82) is 0 Å². The number of nitrogens with one attached hydrogen (secondary N) is 1. The monoisotopic (exact) mass is 288 g/mol. The molecule has 118 valence electrons. The molecule has 21 heavy (non-hydrogen) atoms. The van der Waals surface area contributed by atoms with E-state index in [4.69, 9.17) is 0 Å². The van der Waals surface area contributed by atoms with Crippen molar-refractivity contribution in [2.24, 2.45) is 0 Å². The Bertz CT molecular complexity index is 423. The van der Waals surface area contributed by atoms with Crippen molar-refractivity contribution in [1.82, 2.24) is 10.2 Å². The third-order valence-electron chi connectivity index (χ3n) is 4.76. The molecule has 3 atom stereocenters. The molecule has 2 nitrogen and oxygen atoms in total. The lowest BCUT2D eigenvalue weighted by atomic mass is 9.77. The SMILES string of the molecule is CCCN(CCC)C1CC(C)c2ccccc2C1NCC. The predicted octanol–water partition coefficient (Wildman–Crippen LogP) is 4.34. The first-order valence-electron chi connectivity index (χ1n) is 8.79. The summed E-state index contributed by atoms with van der Waals surface area (Å²) in [4.78, 5) is 2.72. The number of benzene rings is 1. The maximum absolute atomic E-state index is 3.77. The van der Waals surface area contributed by atoms with Crippen molar-refractivity contribution < 1.29 is 0 Å². The summed E-state index contributed by atoms with van der Waals surface area (Å²) in [7, 11) is 0. The zero-order valence-corrected chi connectivity index (χ0v) is 14.2. The van der Waals surface area contributed by atoms with Gasteiger partial charge in [-0.15, -0.1) is 0 Å². The van der Waals surface area contributed by atoms with Gasteiger partial charge in [0, 0.05) is 12.1 Å². The quantitative estimate of drug-likeness (QED) is 0.803. The molecule has 0 radical (unpaired) electrons. The maximum atomic E-state index is 3.77. The average molecular weight is 288 g/mol. The van der Waals surface area contributed by atoms with E-state index >= 15 is 0 Å². The molecule has 0 bridgehead atoms. The summed E-state index contributed by atoms with van der Waals surface area (Å²) in [5.41, 5.74) is 3.08. The van der Waals surface area contributed by atoms with Crippen molar-refractivity contribution in [3.05, 3.63) is 35.4 Å². The predicted molar refractivity (Wildman–Crippen MR) is 91.8 cm³/mol. The van der Waals surface area contributed by atoms with Crippen LogP contribution in [0.3, 0.4) is 0 Å². The number of hydrogen-bond donors (Lipinski definition) is 1. The van der Waals surface area contributed by atoms with Gasteiger partial charge in [-0.25, -0.2) is 0 Å². The summed E-state index contributed by atoms with van der Waals surface area (Å²) < 4.78 is 0. The molecule has 3 unspecified atom stereocenters. The Morgan fingerprint density at radius 2 is 1.67 bits per heavy atom. The first-order chi connectivity index (χ1) is 10.2. The smallest absolute Gasteiger partial charge is 0.0481 e. The molecule has 0 aromatic heterocycles. The topological polar surface area (TPSA) is 15.3 Å². The highest BCUT2D eigenvalue weighted by atomic mass is 15.2. The second-order valence-corrected chi connectivity index (χ2v) is 6.40. The second-order valence-electron chi connectivity index (χ2n) is 6.40. The molecule has 1 aliphatic carbocycles. The Hall–Kier alpha value is -0.860. The summed E-state index contributed by atoms with van der Waals surface area (Å²) in [5.74, 6) is 0.664. The normalized spacial score (nSPS) is 25.1. The van der Waals surface area contributed by atoms with Gasteiger partial charge in [0.05, 0.1) is 0 Å². The molecule has 0 saturated heterocycles. The van der Waals surface area contributed by atoms with E-state index in [1.165, 1.54) is 37.9 Å². The Kier molecular flexibility index (Phi) is 6.25. The highest BCUT2D eigenvalue weighted by molar-refractivity contribution is 5.36. The molecular formula is C19H32N2. The standard InChI is InChI=1S/C19H32N2/c1-5-12-21(13-6-2)18-14-15(4)16-10-8-9-11-17(16)19(18)20-7-3/h8-11,15,18-20H,5-7,12-14H2,1-4H3. The third-order valence-corrected chi connectivity index (χ3v) is 4.76. The molecule has 2 rings (SSSR count). The molecule has 0 amide bonds. The summed E-state index contributed by atoms with van der Waals surface area (Å²) >= 11 is 0. The fraction of sp³-hybridized carbons (Fsp3) is 0.684. The minimum Gasteiger partial charge on any atom is -0.309 e. The van der Waals surface area contributed by atoms with Crippen LogP contribution in [0.25, 0.3) is 0 Å². The number of rotatable bonds is 7. The summed E-state index contributed by atoms with van der Waals surface area (Å²) in [6.45, 7) is 12.7. The van der Waals surface area contributed by atoms with Gasteiger partial charge in [-0.2, -0.15) is 0 Å². The van der Waals surface area contributed by atoms with Crippen LogP contribution in [0.1, 0.15) is 70.0 Å². The highest BCUT2D eigenvalue weighted by Crippen LogP contribution is 2.39. The number of hydrogen-bond acceptors (Lipinski definition) is 2. The van der Waals surface area contributed by atoms with Gasteiger partial charge in [0.2, 0.25) is 0 Å². The molecule has 0 spiro atoms. The molecular weight excluding hydrogens is 256 g/mol. The van der Waals surface area contributed by atoms with Crippen LogP contribution in [0.15, 0.2) is 24.3 Å². The Balaban J connectivity index is 2.32. The van der Waals surface area contributed by atoms with Gasteiger partial charge < -0.3 is 5.32 Å². The molecule has 0 aliphatic heterocycles.